The Labute approximate surface area is 259 Å². The Kier molecular flexibility index (Phi) is 15.8. The predicted octanol–water partition coefficient (Wildman–Crippen LogP) is -1.03. The van der Waals surface area contributed by atoms with E-state index in [4.69, 9.17) is 11.5 Å². The number of carbonyl (C=O) groups is 7. The standard InChI is InChI=1S/C29H51N7O8/c1-7-16(5)23(34-22(38)14-30)27(41)35-24(17(6)8-2)28(42)36-11-9-10-20(36)26(40)32-18(13-21(31)37)25(39)33-19(29(43)44)12-15(3)4/h15-20,23-24H,7-14,30H2,1-6H3,(H2,31,37)(H,32,40)(H,33,39)(H,34,38)(H,35,41)(H,43,44)/t16-,17-,18-,19-,20-,23-,24-/m0/s1. The van der Waals surface area contributed by atoms with Gasteiger partial charge in [0.2, 0.25) is 35.4 Å². The average Bonchev–Trinajstić information content (AvgIpc) is 3.46. The summed E-state index contributed by atoms with van der Waals surface area (Å²) in [7, 11) is 0. The van der Waals surface area contributed by atoms with E-state index in [0.717, 1.165) is 0 Å². The van der Waals surface area contributed by atoms with Gasteiger partial charge in [0, 0.05) is 6.54 Å². The molecule has 0 bridgehead atoms. The molecule has 1 fully saturated rings. The molecule has 0 aromatic carbocycles. The quantitative estimate of drug-likeness (QED) is 0.0983. The number of aliphatic carboxylic acids is 1. The van der Waals surface area contributed by atoms with Crippen LogP contribution >= 0.6 is 0 Å². The molecule has 0 aromatic heterocycles. The van der Waals surface area contributed by atoms with Gasteiger partial charge < -0.3 is 42.7 Å². The molecule has 0 unspecified atom stereocenters. The van der Waals surface area contributed by atoms with E-state index < -0.39 is 78.0 Å². The van der Waals surface area contributed by atoms with Crippen molar-refractivity contribution in [1.29, 1.82) is 0 Å². The van der Waals surface area contributed by atoms with Gasteiger partial charge in [-0.2, -0.15) is 0 Å². The Morgan fingerprint density at radius 3 is 1.93 bits per heavy atom. The number of hydrogen-bond acceptors (Lipinski definition) is 8. The van der Waals surface area contributed by atoms with Crippen LogP contribution in [0.1, 0.15) is 80.1 Å². The number of carboxylic acid groups (broad SMARTS) is 1. The summed E-state index contributed by atoms with van der Waals surface area (Å²) in [4.78, 5) is 90.3. The van der Waals surface area contributed by atoms with Crippen LogP contribution in [0.2, 0.25) is 0 Å². The molecule has 0 saturated carbocycles. The topological polar surface area (TPSA) is 243 Å². The molecule has 1 aliphatic heterocycles. The van der Waals surface area contributed by atoms with Crippen LogP contribution in [0.25, 0.3) is 0 Å². The zero-order chi connectivity index (χ0) is 33.7. The fourth-order valence-corrected chi connectivity index (χ4v) is 4.99. The van der Waals surface area contributed by atoms with Crippen molar-refractivity contribution in [3.05, 3.63) is 0 Å². The SMILES string of the molecule is CC[C@H](C)[C@H](NC(=O)CN)C(=O)N[C@H](C(=O)N1CCC[C@H]1C(=O)N[C@@H](CC(N)=O)C(=O)N[C@@H](CC(C)C)C(=O)O)[C@@H](C)CC. The lowest BCUT2D eigenvalue weighted by molar-refractivity contribution is -0.144. The van der Waals surface area contributed by atoms with Crippen LogP contribution in [-0.2, 0) is 33.6 Å². The minimum Gasteiger partial charge on any atom is -0.480 e. The van der Waals surface area contributed by atoms with E-state index in [-0.39, 0.29) is 43.7 Å². The molecule has 0 radical (unpaired) electrons. The number of carboxylic acids is 1. The fraction of sp³-hybridized carbons (Fsp3) is 0.759. The van der Waals surface area contributed by atoms with E-state index in [1.165, 1.54) is 4.90 Å². The first-order chi connectivity index (χ1) is 20.6. The summed E-state index contributed by atoms with van der Waals surface area (Å²) in [6, 6.07) is -5.65. The Bertz CT molecular complexity index is 1050. The van der Waals surface area contributed by atoms with Crippen LogP contribution < -0.4 is 32.7 Å². The summed E-state index contributed by atoms with van der Waals surface area (Å²) in [6.45, 7) is 10.8. The van der Waals surface area contributed by atoms with E-state index in [2.05, 4.69) is 21.3 Å². The predicted molar refractivity (Wildman–Crippen MR) is 161 cm³/mol. The molecule has 9 N–H and O–H groups in total. The fourth-order valence-electron chi connectivity index (χ4n) is 4.99. The normalized spacial score (nSPS) is 18.7. The van der Waals surface area contributed by atoms with Crippen molar-refractivity contribution in [2.75, 3.05) is 13.1 Å². The van der Waals surface area contributed by atoms with Crippen LogP contribution in [0.3, 0.4) is 0 Å². The maximum Gasteiger partial charge on any atom is 0.326 e. The Balaban J connectivity index is 3.19. The second kappa shape index (κ2) is 18.1. The van der Waals surface area contributed by atoms with E-state index in [0.29, 0.717) is 19.3 Å². The molecule has 0 aliphatic carbocycles. The Morgan fingerprint density at radius 2 is 1.43 bits per heavy atom. The lowest BCUT2D eigenvalue weighted by atomic mass is 9.94. The van der Waals surface area contributed by atoms with Crippen molar-refractivity contribution < 1.29 is 38.7 Å². The van der Waals surface area contributed by atoms with Crippen LogP contribution in [0.15, 0.2) is 0 Å². The monoisotopic (exact) mass is 625 g/mol. The van der Waals surface area contributed by atoms with Crippen LogP contribution in [0.4, 0.5) is 0 Å². The number of likely N-dealkylation sites (tertiary alicyclic amines) is 1. The highest BCUT2D eigenvalue weighted by molar-refractivity contribution is 5.97. The van der Waals surface area contributed by atoms with Gasteiger partial charge in [0.05, 0.1) is 13.0 Å². The average molecular weight is 626 g/mol. The van der Waals surface area contributed by atoms with Gasteiger partial charge in [-0.05, 0) is 37.0 Å². The molecule has 0 spiro atoms. The van der Waals surface area contributed by atoms with E-state index in [9.17, 15) is 38.7 Å². The van der Waals surface area contributed by atoms with Gasteiger partial charge in [-0.3, -0.25) is 28.8 Å². The third-order valence-corrected chi connectivity index (χ3v) is 7.97. The number of nitrogens with one attached hydrogen (secondary N) is 4. The van der Waals surface area contributed by atoms with Crippen LogP contribution in [-0.4, -0.2) is 94.7 Å². The van der Waals surface area contributed by atoms with Crippen molar-refractivity contribution >= 4 is 41.4 Å². The smallest absolute Gasteiger partial charge is 0.326 e. The molecule has 0 aromatic rings. The zero-order valence-corrected chi connectivity index (χ0v) is 26.7. The van der Waals surface area contributed by atoms with Crippen molar-refractivity contribution in [3.63, 3.8) is 0 Å². The van der Waals surface area contributed by atoms with E-state index >= 15 is 0 Å². The van der Waals surface area contributed by atoms with E-state index in [1.807, 2.05) is 13.8 Å². The lowest BCUT2D eigenvalue weighted by Gasteiger charge is -2.33. The third kappa shape index (κ3) is 11.4. The zero-order valence-electron chi connectivity index (χ0n) is 26.7. The van der Waals surface area contributed by atoms with Crippen molar-refractivity contribution in [3.8, 4) is 0 Å². The molecule has 44 heavy (non-hydrogen) atoms. The number of primary amides is 1. The van der Waals surface area contributed by atoms with Gasteiger partial charge in [-0.15, -0.1) is 0 Å². The second-order valence-electron chi connectivity index (χ2n) is 12.0. The van der Waals surface area contributed by atoms with Crippen molar-refractivity contribution in [2.45, 2.75) is 110 Å². The molecular weight excluding hydrogens is 574 g/mol. The first-order valence-corrected chi connectivity index (χ1v) is 15.3. The molecule has 15 heteroatoms. The number of hydrogen-bond donors (Lipinski definition) is 7. The summed E-state index contributed by atoms with van der Waals surface area (Å²) < 4.78 is 0. The Hall–Kier alpha value is -3.75. The lowest BCUT2D eigenvalue weighted by Crippen LogP contribution is -2.60. The second-order valence-corrected chi connectivity index (χ2v) is 12.0. The van der Waals surface area contributed by atoms with Gasteiger partial charge >= 0.3 is 5.97 Å². The summed E-state index contributed by atoms with van der Waals surface area (Å²) in [5.41, 5.74) is 10.7. The number of nitrogens with zero attached hydrogens (tertiary/aromatic N) is 1. The molecular formula is C29H51N7O8. The minimum atomic E-state index is -1.46. The van der Waals surface area contributed by atoms with Crippen molar-refractivity contribution in [1.82, 2.24) is 26.2 Å². The summed E-state index contributed by atoms with van der Waals surface area (Å²) in [5.74, 6) is -5.96. The summed E-state index contributed by atoms with van der Waals surface area (Å²) in [6.07, 6.45) is 1.37. The Morgan fingerprint density at radius 1 is 0.841 bits per heavy atom. The van der Waals surface area contributed by atoms with Gasteiger partial charge in [0.15, 0.2) is 0 Å². The third-order valence-electron chi connectivity index (χ3n) is 7.97. The molecule has 7 atom stereocenters. The van der Waals surface area contributed by atoms with E-state index in [1.54, 1.807) is 27.7 Å². The number of rotatable bonds is 18. The first kappa shape index (κ1) is 38.3. The highest BCUT2D eigenvalue weighted by atomic mass is 16.4. The molecule has 1 heterocycles. The van der Waals surface area contributed by atoms with Crippen LogP contribution in [0.5, 0.6) is 0 Å². The van der Waals surface area contributed by atoms with Crippen molar-refractivity contribution in [2.24, 2.45) is 29.2 Å². The van der Waals surface area contributed by atoms with Crippen LogP contribution in [0, 0.1) is 17.8 Å². The highest BCUT2D eigenvalue weighted by Crippen LogP contribution is 2.22. The van der Waals surface area contributed by atoms with Gasteiger partial charge in [-0.1, -0.05) is 54.4 Å². The van der Waals surface area contributed by atoms with Gasteiger partial charge in [-0.25, -0.2) is 4.79 Å². The maximum atomic E-state index is 13.9. The molecule has 250 valence electrons. The van der Waals surface area contributed by atoms with Gasteiger partial charge in [0.25, 0.3) is 0 Å². The molecule has 1 rings (SSSR count). The molecule has 6 amide bonds. The largest absolute Gasteiger partial charge is 0.480 e. The number of carbonyl (C=O) groups excluding carboxylic acids is 6. The minimum absolute atomic E-state index is 0.0602. The maximum absolute atomic E-state index is 13.9. The van der Waals surface area contributed by atoms with Gasteiger partial charge in [0.1, 0.15) is 30.2 Å². The molecule has 15 nitrogen and oxygen atoms in total. The highest BCUT2D eigenvalue weighted by Gasteiger charge is 2.41. The summed E-state index contributed by atoms with van der Waals surface area (Å²) in [5, 5.41) is 19.7. The molecule has 1 aliphatic rings. The molecule has 1 saturated heterocycles. The number of amides is 6. The number of nitrogens with two attached hydrogens (primary N) is 2. The summed E-state index contributed by atoms with van der Waals surface area (Å²) >= 11 is 0. The first-order valence-electron chi connectivity index (χ1n) is 15.3.